The first-order valence-corrected chi connectivity index (χ1v) is 13.6. The fourth-order valence-corrected chi connectivity index (χ4v) is 6.31. The van der Waals surface area contributed by atoms with E-state index in [-0.39, 0.29) is 23.8 Å². The Kier molecular flexibility index (Phi) is 9.36. The minimum Gasteiger partial charge on any atom is -0.465 e. The van der Waals surface area contributed by atoms with Crippen LogP contribution in [0.4, 0.5) is 5.69 Å². The van der Waals surface area contributed by atoms with Gasteiger partial charge in [-0.2, -0.15) is 0 Å². The van der Waals surface area contributed by atoms with Crippen LogP contribution in [0.25, 0.3) is 0 Å². The van der Waals surface area contributed by atoms with Gasteiger partial charge < -0.3 is 19.1 Å². The summed E-state index contributed by atoms with van der Waals surface area (Å²) < 4.78 is 16.9. The fourth-order valence-electron chi connectivity index (χ4n) is 5.31. The Morgan fingerprint density at radius 1 is 1.09 bits per heavy atom. The van der Waals surface area contributed by atoms with E-state index in [0.29, 0.717) is 24.0 Å². The molecule has 1 aliphatic heterocycles. The van der Waals surface area contributed by atoms with Crippen LogP contribution in [-0.4, -0.2) is 44.0 Å². The first kappa shape index (κ1) is 26.2. The molecule has 2 saturated carbocycles. The van der Waals surface area contributed by atoms with E-state index in [1.54, 1.807) is 0 Å². The maximum atomic E-state index is 13.9. The fraction of sp³-hybridized carbons (Fsp3) is 0.769. The zero-order valence-corrected chi connectivity index (χ0v) is 21.8. The van der Waals surface area contributed by atoms with E-state index in [4.69, 9.17) is 14.2 Å². The third-order valence-corrected chi connectivity index (χ3v) is 8.49. The Morgan fingerprint density at radius 3 is 2.24 bits per heavy atom. The second kappa shape index (κ2) is 11.8. The van der Waals surface area contributed by atoms with E-state index in [9.17, 15) is 9.59 Å². The lowest BCUT2D eigenvalue weighted by atomic mass is 9.81. The van der Waals surface area contributed by atoms with Gasteiger partial charge in [0.25, 0.3) is 0 Å². The molecule has 0 N–H and O–H groups in total. The van der Waals surface area contributed by atoms with E-state index in [0.717, 1.165) is 68.4 Å². The summed E-state index contributed by atoms with van der Waals surface area (Å²) in [5.74, 6) is 0.0554. The molecule has 2 aliphatic carbocycles. The van der Waals surface area contributed by atoms with Crippen LogP contribution in [0.3, 0.4) is 0 Å². The van der Waals surface area contributed by atoms with Gasteiger partial charge in [-0.3, -0.25) is 4.79 Å². The number of amides is 1. The number of methoxy groups -OCH3 is 1. The van der Waals surface area contributed by atoms with Crippen molar-refractivity contribution >= 4 is 28.9 Å². The molecule has 186 valence electrons. The third kappa shape index (κ3) is 5.80. The van der Waals surface area contributed by atoms with Gasteiger partial charge in [0, 0.05) is 29.7 Å². The summed E-state index contributed by atoms with van der Waals surface area (Å²) in [7, 11) is 1.41. The van der Waals surface area contributed by atoms with Gasteiger partial charge in [-0.1, -0.05) is 27.7 Å². The van der Waals surface area contributed by atoms with Crippen molar-refractivity contribution in [3.63, 3.8) is 0 Å². The minimum absolute atomic E-state index is 0.0292. The highest BCUT2D eigenvalue weighted by Crippen LogP contribution is 2.42. The topological polar surface area (TPSA) is 65.1 Å². The number of ether oxygens (including phenoxy) is 3. The highest BCUT2D eigenvalue weighted by atomic mass is 32.1. The quantitative estimate of drug-likeness (QED) is 0.487. The van der Waals surface area contributed by atoms with Gasteiger partial charge in [0.2, 0.25) is 5.91 Å². The van der Waals surface area contributed by atoms with Gasteiger partial charge in [0.15, 0.2) is 5.79 Å². The minimum atomic E-state index is -0.472. The molecule has 1 amide bonds. The number of rotatable bonds is 5. The number of carbonyl (C=O) groups excluding carboxylic acids is 2. The van der Waals surface area contributed by atoms with Gasteiger partial charge in [-0.25, -0.2) is 4.79 Å². The van der Waals surface area contributed by atoms with Crippen molar-refractivity contribution in [2.75, 3.05) is 25.2 Å². The Bertz CT molecular complexity index is 783. The van der Waals surface area contributed by atoms with Crippen molar-refractivity contribution in [3.05, 3.63) is 15.8 Å². The second-order valence-corrected chi connectivity index (χ2v) is 10.4. The first-order valence-electron chi connectivity index (χ1n) is 12.8. The molecule has 3 aliphatic rings. The number of aryl methyl sites for hydroxylation is 1. The summed E-state index contributed by atoms with van der Waals surface area (Å²) >= 11 is 1.45. The number of anilines is 1. The molecule has 0 radical (unpaired) electrons. The standard InChI is InChI=1S/C24H35NO5S.C2H6/c1-4-19-15-20(21(31-19)23(27)28-3)25(22(26)17-7-5-16(2)6-8-17)18-9-11-24(12-10-18)29-13-14-30-24;1-2/h15-18H,4-14H2,1-3H3;1-2H3. The van der Waals surface area contributed by atoms with Crippen molar-refractivity contribution in [2.24, 2.45) is 11.8 Å². The van der Waals surface area contributed by atoms with Crippen LogP contribution in [0.1, 0.15) is 93.6 Å². The van der Waals surface area contributed by atoms with Crippen LogP contribution >= 0.6 is 11.3 Å². The molecule has 1 spiro atoms. The van der Waals surface area contributed by atoms with E-state index < -0.39 is 5.79 Å². The van der Waals surface area contributed by atoms with E-state index in [1.165, 1.54) is 18.4 Å². The highest BCUT2D eigenvalue weighted by molar-refractivity contribution is 7.14. The van der Waals surface area contributed by atoms with Gasteiger partial charge in [-0.15, -0.1) is 11.3 Å². The highest BCUT2D eigenvalue weighted by Gasteiger charge is 2.44. The lowest BCUT2D eigenvalue weighted by Gasteiger charge is -2.42. The Balaban J connectivity index is 0.00000149. The van der Waals surface area contributed by atoms with Gasteiger partial charge in [0.05, 0.1) is 26.0 Å². The average molecular weight is 480 g/mol. The molecule has 0 bridgehead atoms. The predicted octanol–water partition coefficient (Wildman–Crippen LogP) is 5.97. The lowest BCUT2D eigenvalue weighted by molar-refractivity contribution is -0.179. The van der Waals surface area contributed by atoms with E-state index in [2.05, 4.69) is 13.8 Å². The van der Waals surface area contributed by atoms with Crippen LogP contribution in [0.5, 0.6) is 0 Å². The smallest absolute Gasteiger partial charge is 0.350 e. The summed E-state index contributed by atoms with van der Waals surface area (Å²) in [6.07, 6.45) is 8.05. The summed E-state index contributed by atoms with van der Waals surface area (Å²) in [4.78, 5) is 30.1. The van der Waals surface area contributed by atoms with Gasteiger partial charge in [-0.05, 0) is 56.9 Å². The van der Waals surface area contributed by atoms with Crippen LogP contribution in [-0.2, 0) is 25.4 Å². The molecule has 7 heteroatoms. The monoisotopic (exact) mass is 479 g/mol. The number of hydrogen-bond donors (Lipinski definition) is 0. The average Bonchev–Trinajstić information content (AvgIpc) is 3.49. The number of thiophene rings is 1. The van der Waals surface area contributed by atoms with Crippen LogP contribution < -0.4 is 4.90 Å². The number of hydrogen-bond acceptors (Lipinski definition) is 6. The second-order valence-electron chi connectivity index (χ2n) is 9.28. The summed E-state index contributed by atoms with van der Waals surface area (Å²) in [6, 6.07) is 2.08. The number of carbonyl (C=O) groups is 2. The van der Waals surface area contributed by atoms with Gasteiger partial charge in [0.1, 0.15) is 4.88 Å². The van der Waals surface area contributed by atoms with Crippen LogP contribution in [0, 0.1) is 11.8 Å². The molecule has 3 fully saturated rings. The Morgan fingerprint density at radius 2 is 1.70 bits per heavy atom. The molecule has 1 aromatic heterocycles. The lowest BCUT2D eigenvalue weighted by Crippen LogP contribution is -2.49. The maximum Gasteiger partial charge on any atom is 0.350 e. The maximum absolute atomic E-state index is 13.9. The molecule has 33 heavy (non-hydrogen) atoms. The predicted molar refractivity (Wildman–Crippen MR) is 132 cm³/mol. The Labute approximate surface area is 203 Å². The van der Waals surface area contributed by atoms with Gasteiger partial charge >= 0.3 is 5.97 Å². The van der Waals surface area contributed by atoms with Crippen molar-refractivity contribution < 1.29 is 23.8 Å². The van der Waals surface area contributed by atoms with Crippen molar-refractivity contribution in [1.82, 2.24) is 0 Å². The van der Waals surface area contributed by atoms with Crippen molar-refractivity contribution in [2.45, 2.75) is 97.3 Å². The van der Waals surface area contributed by atoms with Crippen LogP contribution in [0.2, 0.25) is 0 Å². The molecular weight excluding hydrogens is 438 g/mol. The molecule has 2 heterocycles. The zero-order chi connectivity index (χ0) is 24.0. The normalized spacial score (nSPS) is 24.8. The number of nitrogens with zero attached hydrogens (tertiary/aromatic N) is 1. The molecule has 0 atom stereocenters. The molecule has 6 nitrogen and oxygen atoms in total. The van der Waals surface area contributed by atoms with Crippen molar-refractivity contribution in [1.29, 1.82) is 0 Å². The summed E-state index contributed by atoms with van der Waals surface area (Å²) in [5.41, 5.74) is 0.742. The van der Waals surface area contributed by atoms with E-state index >= 15 is 0 Å². The first-order chi connectivity index (χ1) is 16.0. The molecule has 1 aromatic rings. The zero-order valence-electron chi connectivity index (χ0n) is 21.0. The molecule has 4 rings (SSSR count). The Hall–Kier alpha value is -1.44. The SMILES string of the molecule is CC.CCc1cc(N(C(=O)C2CCC(C)CC2)C2CCC3(CC2)OCCO3)c(C(=O)OC)s1. The summed E-state index contributed by atoms with van der Waals surface area (Å²) in [5, 5.41) is 0. The number of esters is 1. The van der Waals surface area contributed by atoms with E-state index in [1.807, 2.05) is 24.8 Å². The third-order valence-electron chi connectivity index (χ3n) is 7.24. The largest absolute Gasteiger partial charge is 0.465 e. The molecule has 0 unspecified atom stereocenters. The summed E-state index contributed by atoms with van der Waals surface area (Å²) in [6.45, 7) is 9.63. The molecule has 1 saturated heterocycles. The van der Waals surface area contributed by atoms with Crippen LogP contribution in [0.15, 0.2) is 6.07 Å². The molecule has 0 aromatic carbocycles. The molecular formula is C26H41NO5S. The van der Waals surface area contributed by atoms with Crippen molar-refractivity contribution in [3.8, 4) is 0 Å².